The van der Waals surface area contributed by atoms with Crippen LogP contribution in [0, 0.1) is 0 Å². The Labute approximate surface area is 113 Å². The first-order chi connectivity index (χ1) is 8.83. The first kappa shape index (κ1) is 15.9. The van der Waals surface area contributed by atoms with Crippen molar-refractivity contribution in [1.82, 2.24) is 10.2 Å². The van der Waals surface area contributed by atoms with Gasteiger partial charge in [-0.05, 0) is 39.3 Å². The van der Waals surface area contributed by atoms with Crippen molar-refractivity contribution in [2.24, 2.45) is 0 Å². The van der Waals surface area contributed by atoms with Crippen molar-refractivity contribution in [3.8, 4) is 0 Å². The molecule has 1 aliphatic heterocycles. The zero-order valence-corrected chi connectivity index (χ0v) is 12.4. The molecule has 0 aromatic heterocycles. The quantitative estimate of drug-likeness (QED) is 0.608. The SMILES string of the molecule is CCCCCCNCCN(C)CC1CCCCO1. The summed E-state index contributed by atoms with van der Waals surface area (Å²) in [4.78, 5) is 2.40. The molecule has 3 heteroatoms. The molecule has 108 valence electrons. The van der Waals surface area contributed by atoms with Gasteiger partial charge in [-0.15, -0.1) is 0 Å². The Kier molecular flexibility index (Phi) is 9.54. The van der Waals surface area contributed by atoms with Crippen molar-refractivity contribution in [1.29, 1.82) is 0 Å². The van der Waals surface area contributed by atoms with E-state index in [1.54, 1.807) is 0 Å². The zero-order valence-electron chi connectivity index (χ0n) is 12.4. The summed E-state index contributed by atoms with van der Waals surface area (Å²) in [5, 5.41) is 3.53. The molecule has 1 heterocycles. The number of rotatable bonds is 10. The normalized spacial score (nSPS) is 20.5. The minimum absolute atomic E-state index is 0.480. The van der Waals surface area contributed by atoms with Gasteiger partial charge >= 0.3 is 0 Å². The minimum atomic E-state index is 0.480. The third-order valence-corrected chi connectivity index (χ3v) is 3.67. The van der Waals surface area contributed by atoms with E-state index in [4.69, 9.17) is 4.74 Å². The van der Waals surface area contributed by atoms with E-state index in [2.05, 4.69) is 24.2 Å². The van der Waals surface area contributed by atoms with E-state index in [0.717, 1.165) is 26.2 Å². The molecule has 0 saturated carbocycles. The van der Waals surface area contributed by atoms with E-state index in [1.807, 2.05) is 0 Å². The van der Waals surface area contributed by atoms with Crippen molar-refractivity contribution in [3.63, 3.8) is 0 Å². The molecule has 0 aliphatic carbocycles. The van der Waals surface area contributed by atoms with Gasteiger partial charge in [0.2, 0.25) is 0 Å². The van der Waals surface area contributed by atoms with Gasteiger partial charge in [0.05, 0.1) is 6.10 Å². The van der Waals surface area contributed by atoms with Crippen molar-refractivity contribution in [2.45, 2.75) is 58.0 Å². The summed E-state index contributed by atoms with van der Waals surface area (Å²) in [5.41, 5.74) is 0. The average Bonchev–Trinajstić information content (AvgIpc) is 2.39. The fourth-order valence-electron chi connectivity index (χ4n) is 2.46. The Morgan fingerprint density at radius 1 is 1.17 bits per heavy atom. The summed E-state index contributed by atoms with van der Waals surface area (Å²) in [6, 6.07) is 0. The molecule has 0 bridgehead atoms. The van der Waals surface area contributed by atoms with Crippen LogP contribution >= 0.6 is 0 Å². The van der Waals surface area contributed by atoms with Crippen LogP contribution < -0.4 is 5.32 Å². The van der Waals surface area contributed by atoms with Gasteiger partial charge in [0.15, 0.2) is 0 Å². The average molecular weight is 256 g/mol. The maximum absolute atomic E-state index is 5.76. The van der Waals surface area contributed by atoms with Gasteiger partial charge in [0, 0.05) is 26.2 Å². The monoisotopic (exact) mass is 256 g/mol. The molecule has 1 fully saturated rings. The lowest BCUT2D eigenvalue weighted by Crippen LogP contribution is -2.37. The van der Waals surface area contributed by atoms with Crippen LogP contribution in [0.5, 0.6) is 0 Å². The van der Waals surface area contributed by atoms with Gasteiger partial charge in [-0.3, -0.25) is 0 Å². The molecular weight excluding hydrogens is 224 g/mol. The minimum Gasteiger partial charge on any atom is -0.377 e. The molecule has 1 unspecified atom stereocenters. The van der Waals surface area contributed by atoms with E-state index in [0.29, 0.717) is 6.10 Å². The van der Waals surface area contributed by atoms with Gasteiger partial charge in [0.25, 0.3) is 0 Å². The molecule has 3 nitrogen and oxygen atoms in total. The van der Waals surface area contributed by atoms with Crippen LogP contribution in [-0.2, 0) is 4.74 Å². The number of hydrogen-bond donors (Lipinski definition) is 1. The highest BCUT2D eigenvalue weighted by Gasteiger charge is 2.15. The number of unbranched alkanes of at least 4 members (excludes halogenated alkanes) is 3. The second-order valence-electron chi connectivity index (χ2n) is 5.56. The highest BCUT2D eigenvalue weighted by atomic mass is 16.5. The van der Waals surface area contributed by atoms with E-state index in [-0.39, 0.29) is 0 Å². The Hall–Kier alpha value is -0.120. The predicted octanol–water partition coefficient (Wildman–Crippen LogP) is 2.66. The maximum atomic E-state index is 5.76. The third kappa shape index (κ3) is 8.06. The predicted molar refractivity (Wildman–Crippen MR) is 78.1 cm³/mol. The summed E-state index contributed by atoms with van der Waals surface area (Å²) in [5.74, 6) is 0. The van der Waals surface area contributed by atoms with Gasteiger partial charge in [-0.1, -0.05) is 26.2 Å². The number of likely N-dealkylation sites (N-methyl/N-ethyl adjacent to an activating group) is 1. The fraction of sp³-hybridized carbons (Fsp3) is 1.00. The zero-order chi connectivity index (χ0) is 13.1. The van der Waals surface area contributed by atoms with Crippen LogP contribution in [0.3, 0.4) is 0 Å². The molecular formula is C15H32N2O. The first-order valence-corrected chi connectivity index (χ1v) is 7.83. The Bertz CT molecular complexity index is 181. The summed E-state index contributed by atoms with van der Waals surface area (Å²) in [6.45, 7) is 7.73. The number of hydrogen-bond acceptors (Lipinski definition) is 3. The van der Waals surface area contributed by atoms with Crippen molar-refractivity contribution >= 4 is 0 Å². The van der Waals surface area contributed by atoms with Crippen LogP contribution in [0.2, 0.25) is 0 Å². The molecule has 1 saturated heterocycles. The summed E-state index contributed by atoms with van der Waals surface area (Å²) >= 11 is 0. The Morgan fingerprint density at radius 3 is 2.78 bits per heavy atom. The molecule has 0 aromatic rings. The Morgan fingerprint density at radius 2 is 2.06 bits per heavy atom. The number of nitrogens with one attached hydrogen (secondary N) is 1. The van der Waals surface area contributed by atoms with E-state index in [1.165, 1.54) is 51.5 Å². The largest absolute Gasteiger partial charge is 0.377 e. The van der Waals surface area contributed by atoms with E-state index < -0.39 is 0 Å². The van der Waals surface area contributed by atoms with Crippen LogP contribution in [0.1, 0.15) is 51.9 Å². The summed E-state index contributed by atoms with van der Waals surface area (Å²) < 4.78 is 5.76. The van der Waals surface area contributed by atoms with Crippen molar-refractivity contribution in [3.05, 3.63) is 0 Å². The van der Waals surface area contributed by atoms with Crippen LogP contribution in [0.25, 0.3) is 0 Å². The lowest BCUT2D eigenvalue weighted by molar-refractivity contribution is -0.00121. The molecule has 1 atom stereocenters. The highest BCUT2D eigenvalue weighted by Crippen LogP contribution is 2.13. The smallest absolute Gasteiger partial charge is 0.0701 e. The lowest BCUT2D eigenvalue weighted by atomic mass is 10.1. The number of ether oxygens (including phenoxy) is 1. The molecule has 0 spiro atoms. The molecule has 1 aliphatic rings. The van der Waals surface area contributed by atoms with Gasteiger partial charge in [-0.2, -0.15) is 0 Å². The fourth-order valence-corrected chi connectivity index (χ4v) is 2.46. The van der Waals surface area contributed by atoms with Crippen molar-refractivity contribution in [2.75, 3.05) is 39.8 Å². The van der Waals surface area contributed by atoms with Crippen LogP contribution in [-0.4, -0.2) is 50.8 Å². The second kappa shape index (κ2) is 10.8. The van der Waals surface area contributed by atoms with E-state index >= 15 is 0 Å². The molecule has 1 rings (SSSR count). The number of nitrogens with zero attached hydrogens (tertiary/aromatic N) is 1. The Balaban J connectivity index is 1.88. The van der Waals surface area contributed by atoms with Crippen LogP contribution in [0.4, 0.5) is 0 Å². The van der Waals surface area contributed by atoms with Crippen molar-refractivity contribution < 1.29 is 4.74 Å². The highest BCUT2D eigenvalue weighted by molar-refractivity contribution is 4.68. The molecule has 1 N–H and O–H groups in total. The first-order valence-electron chi connectivity index (χ1n) is 7.83. The second-order valence-corrected chi connectivity index (χ2v) is 5.56. The summed E-state index contributed by atoms with van der Waals surface area (Å²) in [7, 11) is 2.21. The van der Waals surface area contributed by atoms with Crippen LogP contribution in [0.15, 0.2) is 0 Å². The van der Waals surface area contributed by atoms with Gasteiger partial charge < -0.3 is 15.0 Å². The lowest BCUT2D eigenvalue weighted by Gasteiger charge is -2.27. The molecule has 0 amide bonds. The molecule has 0 aromatic carbocycles. The topological polar surface area (TPSA) is 24.5 Å². The molecule has 0 radical (unpaired) electrons. The van der Waals surface area contributed by atoms with Gasteiger partial charge in [-0.25, -0.2) is 0 Å². The summed E-state index contributed by atoms with van der Waals surface area (Å²) in [6.07, 6.45) is 9.71. The molecule has 18 heavy (non-hydrogen) atoms. The standard InChI is InChI=1S/C15H32N2O/c1-3-4-5-7-10-16-11-12-17(2)14-15-9-6-8-13-18-15/h15-16H,3-14H2,1-2H3. The van der Waals surface area contributed by atoms with E-state index in [9.17, 15) is 0 Å². The third-order valence-electron chi connectivity index (χ3n) is 3.67. The van der Waals surface area contributed by atoms with Gasteiger partial charge in [0.1, 0.15) is 0 Å². The maximum Gasteiger partial charge on any atom is 0.0701 e.